The van der Waals surface area contributed by atoms with Crippen LogP contribution < -0.4 is 16.0 Å². The maximum Gasteiger partial charge on any atom is 0.433 e. The second-order valence-corrected chi connectivity index (χ2v) is 6.43. The van der Waals surface area contributed by atoms with Gasteiger partial charge in [-0.2, -0.15) is 13.2 Å². The number of amides is 1. The van der Waals surface area contributed by atoms with E-state index < -0.39 is 17.8 Å². The third-order valence-electron chi connectivity index (χ3n) is 4.46. The number of halogens is 3. The van der Waals surface area contributed by atoms with Crippen LogP contribution in [0.1, 0.15) is 34.0 Å². The number of nitrogens with one attached hydrogen (secondary N) is 1. The Labute approximate surface area is 153 Å². The molecule has 27 heavy (non-hydrogen) atoms. The van der Waals surface area contributed by atoms with Gasteiger partial charge in [0.05, 0.1) is 0 Å². The molecule has 0 saturated carbocycles. The Bertz CT molecular complexity index is 870. The second kappa shape index (κ2) is 7.01. The van der Waals surface area contributed by atoms with Gasteiger partial charge in [0.1, 0.15) is 17.3 Å². The van der Waals surface area contributed by atoms with Crippen LogP contribution in [0.4, 0.5) is 24.8 Å². The van der Waals surface area contributed by atoms with E-state index in [1.54, 1.807) is 6.92 Å². The van der Waals surface area contributed by atoms with Gasteiger partial charge >= 0.3 is 6.18 Å². The number of primary amides is 1. The lowest BCUT2D eigenvalue weighted by atomic mass is 10.2. The van der Waals surface area contributed by atoms with Crippen molar-refractivity contribution in [2.75, 3.05) is 23.3 Å². The van der Waals surface area contributed by atoms with Crippen LogP contribution in [0.3, 0.4) is 0 Å². The number of anilines is 2. The van der Waals surface area contributed by atoms with Gasteiger partial charge in [-0.05, 0) is 32.4 Å². The Kier molecular flexibility index (Phi) is 4.90. The van der Waals surface area contributed by atoms with Gasteiger partial charge in [0.2, 0.25) is 5.82 Å². The standard InChI is InChI=1S/C17H19F3N6O/c1-9-10(2)22-15(14(21)27)25-16(9)26-7-6-11(8-26)23-13-5-3-4-12(24-13)17(18,19)20/h3-5,11H,6-8H2,1-2H3,(H2,21,27)(H,23,24)/t11-/m1/s1. The van der Waals surface area contributed by atoms with Crippen molar-refractivity contribution in [3.63, 3.8) is 0 Å². The highest BCUT2D eigenvalue weighted by atomic mass is 19.4. The summed E-state index contributed by atoms with van der Waals surface area (Å²) in [5, 5.41) is 3.04. The number of hydrogen-bond donors (Lipinski definition) is 2. The first-order valence-electron chi connectivity index (χ1n) is 8.36. The Hall–Kier alpha value is -2.91. The molecular weight excluding hydrogens is 361 g/mol. The van der Waals surface area contributed by atoms with Crippen LogP contribution in [-0.4, -0.2) is 40.0 Å². The van der Waals surface area contributed by atoms with Crippen molar-refractivity contribution in [3.05, 3.63) is 41.0 Å². The Morgan fingerprint density at radius 3 is 2.67 bits per heavy atom. The number of carbonyl (C=O) groups excluding carboxylic acids is 1. The Morgan fingerprint density at radius 1 is 1.26 bits per heavy atom. The van der Waals surface area contributed by atoms with Crippen LogP contribution in [0.5, 0.6) is 0 Å². The summed E-state index contributed by atoms with van der Waals surface area (Å²) >= 11 is 0. The van der Waals surface area contributed by atoms with Gasteiger partial charge in [0.15, 0.2) is 0 Å². The average Bonchev–Trinajstić information content (AvgIpc) is 3.04. The molecule has 2 aromatic heterocycles. The zero-order valence-electron chi connectivity index (χ0n) is 14.8. The normalized spacial score (nSPS) is 17.2. The van der Waals surface area contributed by atoms with Crippen LogP contribution in [-0.2, 0) is 6.18 Å². The number of nitrogens with two attached hydrogens (primary N) is 1. The lowest BCUT2D eigenvalue weighted by Crippen LogP contribution is -2.29. The van der Waals surface area contributed by atoms with E-state index >= 15 is 0 Å². The lowest BCUT2D eigenvalue weighted by molar-refractivity contribution is -0.141. The van der Waals surface area contributed by atoms with Gasteiger partial charge in [-0.15, -0.1) is 0 Å². The quantitative estimate of drug-likeness (QED) is 0.845. The number of alkyl halides is 3. The molecule has 0 unspecified atom stereocenters. The molecule has 1 amide bonds. The first-order chi connectivity index (χ1) is 12.6. The topological polar surface area (TPSA) is 97.0 Å². The largest absolute Gasteiger partial charge is 0.433 e. The van der Waals surface area contributed by atoms with Crippen LogP contribution in [0, 0.1) is 13.8 Å². The van der Waals surface area contributed by atoms with E-state index in [9.17, 15) is 18.0 Å². The summed E-state index contributed by atoms with van der Waals surface area (Å²) < 4.78 is 38.4. The van der Waals surface area contributed by atoms with E-state index in [0.29, 0.717) is 31.0 Å². The minimum Gasteiger partial charge on any atom is -0.365 e. The Morgan fingerprint density at radius 2 is 2.00 bits per heavy atom. The van der Waals surface area contributed by atoms with Gasteiger partial charge in [0.25, 0.3) is 5.91 Å². The number of carbonyl (C=O) groups is 1. The minimum absolute atomic E-state index is 0.0518. The van der Waals surface area contributed by atoms with Gasteiger partial charge in [0, 0.05) is 30.4 Å². The predicted octanol–water partition coefficient (Wildman–Crippen LogP) is 2.30. The molecule has 0 spiro atoms. The molecule has 1 saturated heterocycles. The number of rotatable bonds is 4. The summed E-state index contributed by atoms with van der Waals surface area (Å²) in [5.41, 5.74) is 5.84. The van der Waals surface area contributed by atoms with Gasteiger partial charge in [-0.25, -0.2) is 15.0 Å². The van der Waals surface area contributed by atoms with Crippen molar-refractivity contribution in [1.29, 1.82) is 0 Å². The molecular formula is C17H19F3N6O. The van der Waals surface area contributed by atoms with Crippen molar-refractivity contribution in [2.45, 2.75) is 32.5 Å². The third kappa shape index (κ3) is 4.09. The molecule has 0 radical (unpaired) electrons. The van der Waals surface area contributed by atoms with E-state index in [1.807, 2.05) is 11.8 Å². The highest BCUT2D eigenvalue weighted by Crippen LogP contribution is 2.29. The molecule has 2 aromatic rings. The van der Waals surface area contributed by atoms with Gasteiger partial charge in [-0.1, -0.05) is 6.07 Å². The zero-order chi connectivity index (χ0) is 19.8. The van der Waals surface area contributed by atoms with Crippen molar-refractivity contribution in [2.24, 2.45) is 5.73 Å². The highest BCUT2D eigenvalue weighted by Gasteiger charge is 2.33. The minimum atomic E-state index is -4.49. The molecule has 1 atom stereocenters. The number of pyridine rings is 1. The van der Waals surface area contributed by atoms with Gasteiger partial charge < -0.3 is 16.0 Å². The van der Waals surface area contributed by atoms with Crippen LogP contribution in [0.25, 0.3) is 0 Å². The fourth-order valence-corrected chi connectivity index (χ4v) is 2.98. The summed E-state index contributed by atoms with van der Waals surface area (Å²) in [6, 6.07) is 3.66. The predicted molar refractivity (Wildman–Crippen MR) is 93.5 cm³/mol. The monoisotopic (exact) mass is 380 g/mol. The van der Waals surface area contributed by atoms with Crippen molar-refractivity contribution in [3.8, 4) is 0 Å². The SMILES string of the molecule is Cc1nc(C(N)=O)nc(N2CC[C@@H](Nc3cccc(C(F)(F)F)n3)C2)c1C. The molecule has 0 aliphatic carbocycles. The summed E-state index contributed by atoms with van der Waals surface area (Å²) in [6.45, 7) is 4.76. The van der Waals surface area contributed by atoms with Crippen molar-refractivity contribution >= 4 is 17.5 Å². The molecule has 0 aromatic carbocycles. The molecule has 7 nitrogen and oxygen atoms in total. The molecule has 10 heteroatoms. The summed E-state index contributed by atoms with van der Waals surface area (Å²) in [4.78, 5) is 25.3. The first kappa shape index (κ1) is 18.9. The maximum atomic E-state index is 12.8. The third-order valence-corrected chi connectivity index (χ3v) is 4.46. The van der Waals surface area contributed by atoms with E-state index in [1.165, 1.54) is 12.1 Å². The average molecular weight is 380 g/mol. The van der Waals surface area contributed by atoms with E-state index in [-0.39, 0.29) is 17.7 Å². The second-order valence-electron chi connectivity index (χ2n) is 6.43. The fraction of sp³-hybridized carbons (Fsp3) is 0.412. The van der Waals surface area contributed by atoms with Gasteiger partial charge in [-0.3, -0.25) is 4.79 Å². The van der Waals surface area contributed by atoms with E-state index in [2.05, 4.69) is 20.3 Å². The molecule has 3 heterocycles. The smallest absolute Gasteiger partial charge is 0.365 e. The first-order valence-corrected chi connectivity index (χ1v) is 8.36. The van der Waals surface area contributed by atoms with Crippen molar-refractivity contribution in [1.82, 2.24) is 15.0 Å². The molecule has 3 N–H and O–H groups in total. The number of aryl methyl sites for hydroxylation is 1. The van der Waals surface area contributed by atoms with Crippen molar-refractivity contribution < 1.29 is 18.0 Å². The van der Waals surface area contributed by atoms with Crippen LogP contribution >= 0.6 is 0 Å². The molecule has 3 rings (SSSR count). The highest BCUT2D eigenvalue weighted by molar-refractivity contribution is 5.89. The molecule has 0 bridgehead atoms. The summed E-state index contributed by atoms with van der Waals surface area (Å²) in [5.74, 6) is 0.0214. The van der Waals surface area contributed by atoms with Crippen LogP contribution in [0.15, 0.2) is 18.2 Å². The number of hydrogen-bond acceptors (Lipinski definition) is 6. The molecule has 1 aliphatic rings. The summed E-state index contributed by atoms with van der Waals surface area (Å²) in [6.07, 6.45) is -3.80. The molecule has 1 fully saturated rings. The van der Waals surface area contributed by atoms with Crippen LogP contribution in [0.2, 0.25) is 0 Å². The fourth-order valence-electron chi connectivity index (χ4n) is 2.98. The van der Waals surface area contributed by atoms with E-state index in [0.717, 1.165) is 11.6 Å². The number of nitrogens with zero attached hydrogens (tertiary/aromatic N) is 4. The maximum absolute atomic E-state index is 12.8. The lowest BCUT2D eigenvalue weighted by Gasteiger charge is -2.21. The summed E-state index contributed by atoms with van der Waals surface area (Å²) in [7, 11) is 0. The Balaban J connectivity index is 1.76. The molecule has 144 valence electrons. The zero-order valence-corrected chi connectivity index (χ0v) is 14.8. The molecule has 1 aliphatic heterocycles. The number of aromatic nitrogens is 3. The van der Waals surface area contributed by atoms with E-state index in [4.69, 9.17) is 5.73 Å².